The average molecular weight is 373 g/mol. The molecule has 1 saturated carbocycles. The predicted molar refractivity (Wildman–Crippen MR) is 76.8 cm³/mol. The Bertz CT molecular complexity index is 546. The highest BCUT2D eigenvalue weighted by Gasteiger charge is 2.38. The summed E-state index contributed by atoms with van der Waals surface area (Å²) in [4.78, 5) is 0.143. The maximum absolute atomic E-state index is 12.5. The lowest BCUT2D eigenvalue weighted by molar-refractivity contribution is 0.422. The summed E-state index contributed by atoms with van der Waals surface area (Å²) in [6, 6.07) is 4.85. The number of nitrogens with zero attached hydrogens (tertiary/aromatic N) is 1. The van der Waals surface area contributed by atoms with E-state index in [4.69, 9.17) is 23.2 Å². The van der Waals surface area contributed by atoms with Gasteiger partial charge in [0.25, 0.3) is 0 Å². The molecule has 100 valence electrons. The topological polar surface area (TPSA) is 37.4 Å². The second kappa shape index (κ2) is 5.67. The van der Waals surface area contributed by atoms with Crippen LogP contribution < -0.4 is 0 Å². The van der Waals surface area contributed by atoms with Crippen LogP contribution in [-0.2, 0) is 10.0 Å². The number of hydrogen-bond acceptors (Lipinski definition) is 2. The SMILES string of the molecule is O=S(=O)(c1ccc(Br)cc1Cl)N(CCCl)C1CC1. The van der Waals surface area contributed by atoms with Crippen LogP contribution in [0.4, 0.5) is 0 Å². The zero-order chi connectivity index (χ0) is 13.3. The number of halogens is 3. The Hall–Kier alpha value is 0.190. The van der Waals surface area contributed by atoms with Crippen molar-refractivity contribution in [3.05, 3.63) is 27.7 Å². The molecule has 0 unspecified atom stereocenters. The molecule has 1 aromatic carbocycles. The van der Waals surface area contributed by atoms with Crippen molar-refractivity contribution in [3.8, 4) is 0 Å². The van der Waals surface area contributed by atoms with Crippen LogP contribution in [0, 0.1) is 0 Å². The van der Waals surface area contributed by atoms with Crippen molar-refractivity contribution in [2.24, 2.45) is 0 Å². The quantitative estimate of drug-likeness (QED) is 0.742. The number of rotatable bonds is 5. The van der Waals surface area contributed by atoms with Gasteiger partial charge in [-0.15, -0.1) is 11.6 Å². The van der Waals surface area contributed by atoms with Crippen LogP contribution in [0.3, 0.4) is 0 Å². The molecule has 1 aliphatic carbocycles. The van der Waals surface area contributed by atoms with Crippen LogP contribution >= 0.6 is 39.1 Å². The third kappa shape index (κ3) is 3.02. The first-order chi connectivity index (χ1) is 8.46. The standard InChI is InChI=1S/C11H12BrCl2NO2S/c12-8-1-4-11(10(14)7-8)18(16,17)15(6-5-13)9-2-3-9/h1,4,7,9H,2-3,5-6H2. The minimum atomic E-state index is -3.55. The van der Waals surface area contributed by atoms with Gasteiger partial charge in [0, 0.05) is 22.9 Å². The van der Waals surface area contributed by atoms with Crippen LogP contribution in [0.1, 0.15) is 12.8 Å². The summed E-state index contributed by atoms with van der Waals surface area (Å²) in [6.45, 7) is 0.320. The van der Waals surface area contributed by atoms with Gasteiger partial charge in [-0.2, -0.15) is 4.31 Å². The minimum absolute atomic E-state index is 0.0773. The first-order valence-electron chi connectivity index (χ1n) is 5.49. The molecule has 0 amide bonds. The second-order valence-electron chi connectivity index (χ2n) is 4.11. The fourth-order valence-corrected chi connectivity index (χ4v) is 4.74. The third-order valence-corrected chi connectivity index (χ3v) is 5.84. The van der Waals surface area contributed by atoms with E-state index in [2.05, 4.69) is 15.9 Å². The van der Waals surface area contributed by atoms with E-state index in [-0.39, 0.29) is 21.8 Å². The lowest BCUT2D eigenvalue weighted by Gasteiger charge is -2.21. The first kappa shape index (κ1) is 14.6. The van der Waals surface area contributed by atoms with Crippen molar-refractivity contribution < 1.29 is 8.42 Å². The molecule has 18 heavy (non-hydrogen) atoms. The van der Waals surface area contributed by atoms with Gasteiger partial charge in [0.05, 0.1) is 5.02 Å². The highest BCUT2D eigenvalue weighted by atomic mass is 79.9. The smallest absolute Gasteiger partial charge is 0.207 e. The van der Waals surface area contributed by atoms with E-state index >= 15 is 0 Å². The fourth-order valence-electron chi connectivity index (χ4n) is 1.76. The molecule has 7 heteroatoms. The van der Waals surface area contributed by atoms with Crippen LogP contribution in [0.2, 0.25) is 5.02 Å². The van der Waals surface area contributed by atoms with Crippen LogP contribution in [0.25, 0.3) is 0 Å². The molecule has 0 N–H and O–H groups in total. The highest BCUT2D eigenvalue weighted by molar-refractivity contribution is 9.10. The Morgan fingerprint density at radius 1 is 1.39 bits per heavy atom. The van der Waals surface area contributed by atoms with Gasteiger partial charge < -0.3 is 0 Å². The molecule has 3 nitrogen and oxygen atoms in total. The molecule has 0 aromatic heterocycles. The second-order valence-corrected chi connectivity index (χ2v) is 7.67. The van der Waals surface area contributed by atoms with Crippen LogP contribution in [0.15, 0.2) is 27.6 Å². The zero-order valence-corrected chi connectivity index (χ0v) is 13.4. The van der Waals surface area contributed by atoms with Gasteiger partial charge in [-0.05, 0) is 31.0 Å². The van der Waals surface area contributed by atoms with Crippen LogP contribution in [0.5, 0.6) is 0 Å². The van der Waals surface area contributed by atoms with Gasteiger partial charge >= 0.3 is 0 Å². The highest BCUT2D eigenvalue weighted by Crippen LogP contribution is 2.34. The maximum atomic E-state index is 12.5. The summed E-state index contributed by atoms with van der Waals surface area (Å²) in [6.07, 6.45) is 1.79. The Kier molecular flexibility index (Phi) is 4.60. The van der Waals surface area contributed by atoms with E-state index in [1.165, 1.54) is 10.4 Å². The van der Waals surface area contributed by atoms with Gasteiger partial charge in [-0.3, -0.25) is 0 Å². The Morgan fingerprint density at radius 3 is 2.56 bits per heavy atom. The molecule has 0 radical (unpaired) electrons. The van der Waals surface area contributed by atoms with Gasteiger partial charge in [0.1, 0.15) is 4.90 Å². The largest absolute Gasteiger partial charge is 0.244 e. The van der Waals surface area contributed by atoms with E-state index in [1.807, 2.05) is 0 Å². The monoisotopic (exact) mass is 371 g/mol. The fraction of sp³-hybridized carbons (Fsp3) is 0.455. The Morgan fingerprint density at radius 2 is 2.06 bits per heavy atom. The molecule has 2 rings (SSSR count). The molecule has 1 aliphatic rings. The van der Waals surface area contributed by atoms with Crippen molar-refractivity contribution in [1.82, 2.24) is 4.31 Å². The normalized spacial score (nSPS) is 16.2. The van der Waals surface area contributed by atoms with Crippen molar-refractivity contribution >= 4 is 49.2 Å². The molecule has 0 heterocycles. The average Bonchev–Trinajstić information content (AvgIpc) is 3.08. The molecule has 0 bridgehead atoms. The number of alkyl halides is 1. The summed E-state index contributed by atoms with van der Waals surface area (Å²) < 4.78 is 27.2. The number of sulfonamides is 1. The van der Waals surface area contributed by atoms with Gasteiger partial charge in [-0.25, -0.2) is 8.42 Å². The summed E-state index contributed by atoms with van der Waals surface area (Å²) in [5, 5.41) is 0.226. The zero-order valence-electron chi connectivity index (χ0n) is 9.44. The van der Waals surface area contributed by atoms with E-state index in [0.29, 0.717) is 6.54 Å². The van der Waals surface area contributed by atoms with Crippen LogP contribution in [-0.4, -0.2) is 31.2 Å². The Balaban J connectivity index is 2.39. The van der Waals surface area contributed by atoms with Crippen molar-refractivity contribution in [2.45, 2.75) is 23.8 Å². The van der Waals surface area contributed by atoms with Crippen molar-refractivity contribution in [2.75, 3.05) is 12.4 Å². The maximum Gasteiger partial charge on any atom is 0.244 e. The molecule has 1 fully saturated rings. The number of hydrogen-bond donors (Lipinski definition) is 0. The summed E-state index contributed by atoms with van der Waals surface area (Å²) in [5.41, 5.74) is 0. The minimum Gasteiger partial charge on any atom is -0.207 e. The molecular weight excluding hydrogens is 361 g/mol. The number of benzene rings is 1. The lowest BCUT2D eigenvalue weighted by Crippen LogP contribution is -2.34. The molecule has 0 aliphatic heterocycles. The molecule has 0 spiro atoms. The summed E-state index contributed by atoms with van der Waals surface area (Å²) >= 11 is 15.0. The molecule has 0 atom stereocenters. The van der Waals surface area contributed by atoms with E-state index in [0.717, 1.165) is 17.3 Å². The molecule has 0 saturated heterocycles. The third-order valence-electron chi connectivity index (χ3n) is 2.74. The molecular formula is C11H12BrCl2NO2S. The van der Waals surface area contributed by atoms with E-state index in [9.17, 15) is 8.42 Å². The summed E-state index contributed by atoms with van der Waals surface area (Å²) in [5.74, 6) is 0.282. The van der Waals surface area contributed by atoms with Crippen molar-refractivity contribution in [3.63, 3.8) is 0 Å². The Labute approximate surface area is 125 Å². The van der Waals surface area contributed by atoms with E-state index < -0.39 is 10.0 Å². The van der Waals surface area contributed by atoms with Crippen molar-refractivity contribution in [1.29, 1.82) is 0 Å². The summed E-state index contributed by atoms with van der Waals surface area (Å²) in [7, 11) is -3.55. The molecule has 1 aromatic rings. The van der Waals surface area contributed by atoms with E-state index in [1.54, 1.807) is 12.1 Å². The van der Waals surface area contributed by atoms with Gasteiger partial charge in [0.15, 0.2) is 0 Å². The predicted octanol–water partition coefficient (Wildman–Crippen LogP) is 3.49. The lowest BCUT2D eigenvalue weighted by atomic mass is 10.4. The van der Waals surface area contributed by atoms with Gasteiger partial charge in [-0.1, -0.05) is 27.5 Å². The van der Waals surface area contributed by atoms with Gasteiger partial charge in [0.2, 0.25) is 10.0 Å². The first-order valence-corrected chi connectivity index (χ1v) is 8.64.